The molecule has 0 aromatic carbocycles. The summed E-state index contributed by atoms with van der Waals surface area (Å²) >= 11 is 3.44. The van der Waals surface area contributed by atoms with Crippen LogP contribution in [0.2, 0.25) is 0 Å². The first kappa shape index (κ1) is 17.6. The van der Waals surface area contributed by atoms with E-state index >= 15 is 0 Å². The van der Waals surface area contributed by atoms with E-state index in [9.17, 15) is 4.79 Å². The van der Waals surface area contributed by atoms with Crippen LogP contribution in [0.4, 0.5) is 5.13 Å². The van der Waals surface area contributed by atoms with Crippen molar-refractivity contribution in [2.75, 3.05) is 24.6 Å². The number of nitrogens with one attached hydrogen (secondary N) is 1. The van der Waals surface area contributed by atoms with Gasteiger partial charge in [-0.05, 0) is 57.6 Å². The lowest BCUT2D eigenvalue weighted by Gasteiger charge is -2.43. The molecule has 0 radical (unpaired) electrons. The van der Waals surface area contributed by atoms with Crippen LogP contribution in [-0.2, 0) is 16.8 Å². The van der Waals surface area contributed by atoms with Crippen LogP contribution in [0.3, 0.4) is 0 Å². The number of aryl methyl sites for hydroxylation is 2. The number of piperidine rings is 1. The van der Waals surface area contributed by atoms with Crippen molar-refractivity contribution < 1.29 is 9.53 Å². The highest BCUT2D eigenvalue weighted by Gasteiger charge is 2.43. The maximum atomic E-state index is 12.5. The summed E-state index contributed by atoms with van der Waals surface area (Å²) in [4.78, 5) is 23.1. The molecule has 2 fully saturated rings. The molecular weight excluding hydrogens is 378 g/mol. The minimum Gasteiger partial charge on any atom is -0.369 e. The molecule has 7 heteroatoms. The van der Waals surface area contributed by atoms with E-state index < -0.39 is 0 Å². The Labute approximate surface area is 167 Å². The van der Waals surface area contributed by atoms with E-state index in [4.69, 9.17) is 9.72 Å². The third-order valence-electron chi connectivity index (χ3n) is 5.97. The molecule has 1 spiro atoms. The van der Waals surface area contributed by atoms with Gasteiger partial charge in [0.1, 0.15) is 5.60 Å². The summed E-state index contributed by atoms with van der Waals surface area (Å²) in [5.41, 5.74) is 2.24. The summed E-state index contributed by atoms with van der Waals surface area (Å²) in [6, 6.07) is 2.51. The average molecular weight is 404 g/mol. The van der Waals surface area contributed by atoms with Gasteiger partial charge in [-0.25, -0.2) is 4.98 Å². The second-order valence-corrected chi connectivity index (χ2v) is 10.2. The van der Waals surface area contributed by atoms with Gasteiger partial charge in [0.05, 0.1) is 17.2 Å². The Hall–Kier alpha value is -1.44. The predicted molar refractivity (Wildman–Crippen MR) is 109 cm³/mol. The quantitative estimate of drug-likeness (QED) is 0.847. The average Bonchev–Trinajstić information content (AvgIpc) is 3.24. The van der Waals surface area contributed by atoms with Crippen LogP contribution in [-0.4, -0.2) is 36.6 Å². The molecule has 5 nitrogen and oxygen atoms in total. The number of rotatable bonds is 3. The van der Waals surface area contributed by atoms with Gasteiger partial charge in [0.25, 0.3) is 5.91 Å². The van der Waals surface area contributed by atoms with Crippen LogP contribution in [0.1, 0.15) is 56.4 Å². The number of aromatic nitrogens is 1. The number of thiophene rings is 1. The summed E-state index contributed by atoms with van der Waals surface area (Å²) in [5.74, 6) is 0.0956. The molecule has 1 saturated carbocycles. The Morgan fingerprint density at radius 1 is 1.30 bits per heavy atom. The number of nitrogens with zero attached hydrogens (tertiary/aromatic N) is 2. The molecule has 0 unspecified atom stereocenters. The highest BCUT2D eigenvalue weighted by Crippen LogP contribution is 2.46. The highest BCUT2D eigenvalue weighted by atomic mass is 32.1. The molecule has 5 rings (SSSR count). The molecule has 27 heavy (non-hydrogen) atoms. The van der Waals surface area contributed by atoms with Crippen molar-refractivity contribution in [2.24, 2.45) is 0 Å². The third-order valence-corrected chi connectivity index (χ3v) is 8.46. The van der Waals surface area contributed by atoms with Crippen molar-refractivity contribution >= 4 is 33.7 Å². The number of ether oxygens (including phenoxy) is 1. The molecule has 1 aliphatic carbocycles. The van der Waals surface area contributed by atoms with Crippen LogP contribution < -0.4 is 10.2 Å². The Kier molecular flexibility index (Phi) is 4.29. The SMILES string of the molecule is Cc1nc(N2CCC3(CC2)OCCc2cc(C(=O)NC4CC4)sc23)sc1C. The molecule has 3 aliphatic rings. The maximum absolute atomic E-state index is 12.5. The lowest BCUT2D eigenvalue weighted by Crippen LogP contribution is -2.46. The van der Waals surface area contributed by atoms with Gasteiger partial charge in [0.15, 0.2) is 5.13 Å². The predicted octanol–water partition coefficient (Wildman–Crippen LogP) is 3.78. The van der Waals surface area contributed by atoms with E-state index in [1.54, 1.807) is 22.7 Å². The summed E-state index contributed by atoms with van der Waals surface area (Å²) < 4.78 is 6.37. The van der Waals surface area contributed by atoms with Crippen molar-refractivity contribution in [3.05, 3.63) is 32.0 Å². The van der Waals surface area contributed by atoms with Crippen molar-refractivity contribution in [3.8, 4) is 0 Å². The molecule has 2 aliphatic heterocycles. The van der Waals surface area contributed by atoms with E-state index in [2.05, 4.69) is 30.1 Å². The molecule has 0 atom stereocenters. The minimum absolute atomic E-state index is 0.0956. The van der Waals surface area contributed by atoms with E-state index in [0.717, 1.165) is 67.5 Å². The Balaban J connectivity index is 1.35. The summed E-state index contributed by atoms with van der Waals surface area (Å²) in [5, 5.41) is 4.25. The standard InChI is InChI=1S/C20H25N3O2S2/c1-12-13(2)26-19(21-12)23-8-6-20(7-9-23)17-14(5-10-25-20)11-16(27-17)18(24)22-15-3-4-15/h11,15H,3-10H2,1-2H3,(H,22,24). The monoisotopic (exact) mass is 403 g/mol. The Bertz CT molecular complexity index is 856. The summed E-state index contributed by atoms with van der Waals surface area (Å²) in [6.07, 6.45) is 5.08. The highest BCUT2D eigenvalue weighted by molar-refractivity contribution is 7.15. The molecule has 0 bridgehead atoms. The number of carbonyl (C=O) groups excluding carboxylic acids is 1. The largest absolute Gasteiger partial charge is 0.369 e. The molecule has 1 amide bonds. The topological polar surface area (TPSA) is 54.5 Å². The molecule has 144 valence electrons. The number of hydrogen-bond donors (Lipinski definition) is 1. The van der Waals surface area contributed by atoms with Crippen LogP contribution in [0.25, 0.3) is 0 Å². The van der Waals surface area contributed by atoms with Gasteiger partial charge in [0, 0.05) is 28.9 Å². The van der Waals surface area contributed by atoms with Gasteiger partial charge in [-0.3, -0.25) is 4.79 Å². The normalized spacial score (nSPS) is 21.3. The first-order valence-electron chi connectivity index (χ1n) is 9.81. The van der Waals surface area contributed by atoms with Gasteiger partial charge >= 0.3 is 0 Å². The van der Waals surface area contributed by atoms with E-state index in [0.29, 0.717) is 6.04 Å². The number of thiazole rings is 1. The van der Waals surface area contributed by atoms with E-state index in [1.165, 1.54) is 15.3 Å². The summed E-state index contributed by atoms with van der Waals surface area (Å²) in [6.45, 7) is 6.87. The number of anilines is 1. The van der Waals surface area contributed by atoms with Gasteiger partial charge in [0.2, 0.25) is 0 Å². The lowest BCUT2D eigenvalue weighted by atomic mass is 9.85. The van der Waals surface area contributed by atoms with Gasteiger partial charge < -0.3 is 15.0 Å². The zero-order valence-corrected chi connectivity index (χ0v) is 17.5. The second kappa shape index (κ2) is 6.57. The summed E-state index contributed by atoms with van der Waals surface area (Å²) in [7, 11) is 0. The molecule has 2 aromatic rings. The fourth-order valence-electron chi connectivity index (χ4n) is 4.04. The Morgan fingerprint density at radius 3 is 2.74 bits per heavy atom. The van der Waals surface area contributed by atoms with E-state index in [1.807, 2.05) is 0 Å². The smallest absolute Gasteiger partial charge is 0.261 e. The maximum Gasteiger partial charge on any atom is 0.261 e. The van der Waals surface area contributed by atoms with Crippen molar-refractivity contribution in [2.45, 2.75) is 57.6 Å². The minimum atomic E-state index is -0.214. The fraction of sp³-hybridized carbons (Fsp3) is 0.600. The first-order chi connectivity index (χ1) is 13.0. The molecule has 1 saturated heterocycles. The van der Waals surface area contributed by atoms with Crippen LogP contribution >= 0.6 is 22.7 Å². The molecule has 1 N–H and O–H groups in total. The molecule has 2 aromatic heterocycles. The van der Waals surface area contributed by atoms with Gasteiger partial charge in [-0.2, -0.15) is 0 Å². The molecular formula is C20H25N3O2S2. The third kappa shape index (κ3) is 3.19. The molecule has 4 heterocycles. The van der Waals surface area contributed by atoms with Crippen LogP contribution in [0.5, 0.6) is 0 Å². The van der Waals surface area contributed by atoms with Crippen LogP contribution in [0, 0.1) is 13.8 Å². The first-order valence-corrected chi connectivity index (χ1v) is 11.4. The number of carbonyl (C=O) groups is 1. The van der Waals surface area contributed by atoms with Crippen molar-refractivity contribution in [3.63, 3.8) is 0 Å². The fourth-order valence-corrected chi connectivity index (χ4v) is 6.32. The van der Waals surface area contributed by atoms with Crippen molar-refractivity contribution in [1.29, 1.82) is 0 Å². The number of amides is 1. The van der Waals surface area contributed by atoms with Gasteiger partial charge in [-0.15, -0.1) is 22.7 Å². The van der Waals surface area contributed by atoms with Crippen LogP contribution in [0.15, 0.2) is 6.07 Å². The Morgan fingerprint density at radius 2 is 2.07 bits per heavy atom. The zero-order chi connectivity index (χ0) is 18.6. The van der Waals surface area contributed by atoms with Gasteiger partial charge in [-0.1, -0.05) is 0 Å². The zero-order valence-electron chi connectivity index (χ0n) is 15.8. The number of fused-ring (bicyclic) bond motifs is 2. The van der Waals surface area contributed by atoms with Crippen molar-refractivity contribution in [1.82, 2.24) is 10.3 Å². The lowest BCUT2D eigenvalue weighted by molar-refractivity contribution is -0.0735. The van der Waals surface area contributed by atoms with E-state index in [-0.39, 0.29) is 11.5 Å². The second-order valence-electron chi connectivity index (χ2n) is 7.93. The number of hydrogen-bond acceptors (Lipinski definition) is 6.